The van der Waals surface area contributed by atoms with E-state index in [-0.39, 0.29) is 33.8 Å². The van der Waals surface area contributed by atoms with Crippen molar-refractivity contribution in [2.45, 2.75) is 0 Å². The van der Waals surface area contributed by atoms with Crippen LogP contribution in [-0.4, -0.2) is 50.3 Å². The lowest BCUT2D eigenvalue weighted by molar-refractivity contribution is -0.384. The van der Waals surface area contributed by atoms with Crippen molar-refractivity contribution in [2.24, 2.45) is 0 Å². The number of carboxylic acid groups (broad SMARTS) is 1. The minimum atomic E-state index is -1.40. The number of hydrogen-bond acceptors (Lipinski definition) is 7. The molecule has 0 saturated heterocycles. The van der Waals surface area contributed by atoms with Crippen LogP contribution in [0.1, 0.15) is 31.1 Å². The van der Waals surface area contributed by atoms with Crippen molar-refractivity contribution < 1.29 is 34.3 Å². The van der Waals surface area contributed by atoms with Crippen molar-refractivity contribution in [2.75, 3.05) is 11.9 Å². The van der Waals surface area contributed by atoms with Gasteiger partial charge in [0, 0.05) is 12.1 Å². The number of nitrogens with one attached hydrogen (secondary N) is 1. The van der Waals surface area contributed by atoms with Crippen LogP contribution in [0.4, 0.5) is 11.4 Å². The molecular weight excluding hydrogens is 374 g/mol. The summed E-state index contributed by atoms with van der Waals surface area (Å²) in [6.45, 7) is -0.722. The first-order chi connectivity index (χ1) is 13.2. The molecule has 2 aromatic rings. The maximum absolute atomic E-state index is 12.4. The molecule has 3 rings (SSSR count). The Kier molecular flexibility index (Phi) is 4.49. The molecule has 1 aliphatic rings. The molecule has 0 aromatic heterocycles. The molecule has 0 spiro atoms. The Morgan fingerprint density at radius 3 is 2.39 bits per heavy atom. The smallest absolute Gasteiger partial charge is 0.337 e. The first kappa shape index (κ1) is 18.5. The molecule has 142 valence electrons. The van der Waals surface area contributed by atoms with Gasteiger partial charge in [0.25, 0.3) is 17.5 Å². The largest absolute Gasteiger partial charge is 0.508 e. The van der Waals surface area contributed by atoms with Crippen molar-refractivity contribution in [3.8, 4) is 5.75 Å². The Labute approximate surface area is 156 Å². The number of nitro benzene ring substituents is 1. The zero-order valence-electron chi connectivity index (χ0n) is 13.9. The van der Waals surface area contributed by atoms with Crippen molar-refractivity contribution in [3.63, 3.8) is 0 Å². The number of phenols is 1. The molecule has 0 saturated carbocycles. The molecule has 0 unspecified atom stereocenters. The summed E-state index contributed by atoms with van der Waals surface area (Å²) in [5.74, 6) is -4.26. The third-order valence-corrected chi connectivity index (χ3v) is 3.97. The van der Waals surface area contributed by atoms with Crippen LogP contribution in [0.25, 0.3) is 0 Å². The molecule has 0 fully saturated rings. The number of aromatic hydroxyl groups is 1. The monoisotopic (exact) mass is 385 g/mol. The SMILES string of the molecule is O=C(CN1C(=O)c2ccc([N+](=O)[O-])cc2C1=O)Nc1ccc(O)cc1C(=O)O. The van der Waals surface area contributed by atoms with Gasteiger partial charge in [0.05, 0.1) is 27.3 Å². The van der Waals surface area contributed by atoms with Gasteiger partial charge in [0.15, 0.2) is 0 Å². The van der Waals surface area contributed by atoms with Gasteiger partial charge in [-0.25, -0.2) is 4.79 Å². The molecule has 0 bridgehead atoms. The van der Waals surface area contributed by atoms with Crippen LogP contribution in [0.5, 0.6) is 5.75 Å². The summed E-state index contributed by atoms with van der Waals surface area (Å²) in [7, 11) is 0. The molecule has 1 aliphatic heterocycles. The Bertz CT molecular complexity index is 1060. The van der Waals surface area contributed by atoms with E-state index in [1.165, 1.54) is 0 Å². The van der Waals surface area contributed by atoms with Gasteiger partial charge < -0.3 is 15.5 Å². The molecule has 11 heteroatoms. The van der Waals surface area contributed by atoms with E-state index in [2.05, 4.69) is 5.32 Å². The number of rotatable bonds is 5. The van der Waals surface area contributed by atoms with Crippen molar-refractivity contribution in [3.05, 3.63) is 63.2 Å². The lowest BCUT2D eigenvalue weighted by Gasteiger charge is -2.14. The predicted molar refractivity (Wildman–Crippen MR) is 92.2 cm³/mol. The number of carboxylic acids is 1. The maximum Gasteiger partial charge on any atom is 0.337 e. The van der Waals surface area contributed by atoms with Crippen LogP contribution >= 0.6 is 0 Å². The number of fused-ring (bicyclic) bond motifs is 1. The van der Waals surface area contributed by atoms with Crippen molar-refractivity contribution in [1.82, 2.24) is 4.90 Å². The highest BCUT2D eigenvalue weighted by atomic mass is 16.6. The van der Waals surface area contributed by atoms with E-state index in [0.29, 0.717) is 4.90 Å². The summed E-state index contributed by atoms with van der Waals surface area (Å²) in [6, 6.07) is 6.40. The number of nitrogens with zero attached hydrogens (tertiary/aromatic N) is 2. The Balaban J connectivity index is 1.80. The zero-order valence-corrected chi connectivity index (χ0v) is 13.9. The molecule has 11 nitrogen and oxygen atoms in total. The van der Waals surface area contributed by atoms with Gasteiger partial charge in [-0.15, -0.1) is 0 Å². The van der Waals surface area contributed by atoms with Crippen LogP contribution in [0.3, 0.4) is 0 Å². The molecular formula is C17H11N3O8. The van der Waals surface area contributed by atoms with Crippen LogP contribution in [0.15, 0.2) is 36.4 Å². The number of amides is 3. The van der Waals surface area contributed by atoms with E-state index >= 15 is 0 Å². The molecule has 28 heavy (non-hydrogen) atoms. The van der Waals surface area contributed by atoms with Gasteiger partial charge in [-0.1, -0.05) is 0 Å². The zero-order chi connectivity index (χ0) is 20.6. The Morgan fingerprint density at radius 2 is 1.75 bits per heavy atom. The molecule has 3 amide bonds. The van der Waals surface area contributed by atoms with Crippen molar-refractivity contribution >= 4 is 35.1 Å². The minimum absolute atomic E-state index is 0.0701. The second-order valence-electron chi connectivity index (χ2n) is 5.77. The number of carbonyl (C=O) groups excluding carboxylic acids is 3. The molecule has 0 atom stereocenters. The van der Waals surface area contributed by atoms with Crippen LogP contribution in [0.2, 0.25) is 0 Å². The average Bonchev–Trinajstić information content (AvgIpc) is 2.87. The van der Waals surface area contributed by atoms with E-state index in [9.17, 15) is 34.4 Å². The molecule has 0 aliphatic carbocycles. The van der Waals surface area contributed by atoms with Gasteiger partial charge in [0.1, 0.15) is 12.3 Å². The predicted octanol–water partition coefficient (Wildman–Crippen LogP) is 1.23. The van der Waals surface area contributed by atoms with Gasteiger partial charge in [-0.05, 0) is 24.3 Å². The lowest BCUT2D eigenvalue weighted by Crippen LogP contribution is -2.37. The van der Waals surface area contributed by atoms with E-state index in [1.54, 1.807) is 0 Å². The summed E-state index contributed by atoms with van der Waals surface area (Å²) in [4.78, 5) is 58.8. The van der Waals surface area contributed by atoms with E-state index in [4.69, 9.17) is 5.11 Å². The minimum Gasteiger partial charge on any atom is -0.508 e. The lowest BCUT2D eigenvalue weighted by atomic mass is 10.1. The topological polar surface area (TPSA) is 167 Å². The van der Waals surface area contributed by atoms with E-state index in [1.807, 2.05) is 0 Å². The Morgan fingerprint density at radius 1 is 1.07 bits per heavy atom. The summed E-state index contributed by atoms with van der Waals surface area (Å²) in [5, 5.41) is 31.6. The highest BCUT2D eigenvalue weighted by Crippen LogP contribution is 2.27. The van der Waals surface area contributed by atoms with Crippen LogP contribution in [-0.2, 0) is 4.79 Å². The number of imide groups is 1. The number of nitro groups is 1. The first-order valence-electron chi connectivity index (χ1n) is 7.70. The van der Waals surface area contributed by atoms with Crippen LogP contribution in [0, 0.1) is 10.1 Å². The average molecular weight is 385 g/mol. The fraction of sp³-hybridized carbons (Fsp3) is 0.0588. The second-order valence-corrected chi connectivity index (χ2v) is 5.77. The van der Waals surface area contributed by atoms with Gasteiger partial charge in [-0.2, -0.15) is 0 Å². The van der Waals surface area contributed by atoms with E-state index in [0.717, 1.165) is 36.4 Å². The normalized spacial score (nSPS) is 12.6. The fourth-order valence-corrected chi connectivity index (χ4v) is 2.69. The molecule has 1 heterocycles. The second kappa shape index (κ2) is 6.79. The highest BCUT2D eigenvalue weighted by Gasteiger charge is 2.37. The number of phenolic OH excluding ortho intramolecular Hbond substituents is 1. The maximum atomic E-state index is 12.4. The van der Waals surface area contributed by atoms with Crippen LogP contribution < -0.4 is 5.32 Å². The highest BCUT2D eigenvalue weighted by molar-refractivity contribution is 6.23. The Hall–Kier alpha value is -4.28. The summed E-state index contributed by atoms with van der Waals surface area (Å²) in [6.07, 6.45) is 0. The third-order valence-electron chi connectivity index (χ3n) is 3.97. The standard InChI is InChI=1S/C17H11N3O8/c21-9-2-4-13(12(6-9)17(25)26)18-14(22)7-19-15(23)10-3-1-8(20(27)28)5-11(10)16(19)24/h1-6,21H,7H2,(H,18,22)(H,25,26). The van der Waals surface area contributed by atoms with Gasteiger partial charge in [-0.3, -0.25) is 29.4 Å². The first-order valence-corrected chi connectivity index (χ1v) is 7.70. The number of hydrogen-bond donors (Lipinski definition) is 3. The van der Waals surface area contributed by atoms with Gasteiger partial charge >= 0.3 is 5.97 Å². The number of aromatic carboxylic acids is 1. The summed E-state index contributed by atoms with van der Waals surface area (Å²) < 4.78 is 0. The van der Waals surface area contributed by atoms with Crippen molar-refractivity contribution in [1.29, 1.82) is 0 Å². The fourth-order valence-electron chi connectivity index (χ4n) is 2.69. The van der Waals surface area contributed by atoms with E-state index < -0.39 is 35.2 Å². The number of anilines is 1. The number of non-ortho nitro benzene ring substituents is 1. The molecule has 2 aromatic carbocycles. The van der Waals surface area contributed by atoms with Gasteiger partial charge in [0.2, 0.25) is 5.91 Å². The third kappa shape index (κ3) is 3.23. The summed E-state index contributed by atoms with van der Waals surface area (Å²) in [5.41, 5.74) is -1.16. The summed E-state index contributed by atoms with van der Waals surface area (Å²) >= 11 is 0. The molecule has 0 radical (unpaired) electrons. The number of carbonyl (C=O) groups is 4. The quantitative estimate of drug-likeness (QED) is 0.299. The molecule has 3 N–H and O–H groups in total. The number of benzene rings is 2.